The zero-order valence-electron chi connectivity index (χ0n) is 17.5. The number of nitrogens with two attached hydrogens (primary N) is 1. The maximum absolute atomic E-state index is 12.9. The summed E-state index contributed by atoms with van der Waals surface area (Å²) in [6, 6.07) is 9.27. The fourth-order valence-corrected chi connectivity index (χ4v) is 4.55. The molecule has 2 aromatic rings. The number of nitrogens with zero attached hydrogens (tertiary/aromatic N) is 1. The minimum absolute atomic E-state index is 0.00292. The molecule has 2 aromatic carbocycles. The largest absolute Gasteiger partial charge is 0.452 e. The second kappa shape index (κ2) is 7.98. The van der Waals surface area contributed by atoms with E-state index in [0.717, 1.165) is 6.42 Å². The van der Waals surface area contributed by atoms with Crippen molar-refractivity contribution in [3.8, 4) is 0 Å². The van der Waals surface area contributed by atoms with Crippen LogP contribution < -0.4 is 5.73 Å². The van der Waals surface area contributed by atoms with Crippen LogP contribution in [0.3, 0.4) is 0 Å². The summed E-state index contributed by atoms with van der Waals surface area (Å²) < 4.78 is 5.21. The van der Waals surface area contributed by atoms with Gasteiger partial charge in [0.05, 0.1) is 16.8 Å². The van der Waals surface area contributed by atoms with Gasteiger partial charge in [0.25, 0.3) is 5.91 Å². The third-order valence-corrected chi connectivity index (χ3v) is 5.90. The van der Waals surface area contributed by atoms with Gasteiger partial charge in [0, 0.05) is 29.8 Å². The van der Waals surface area contributed by atoms with Crippen LogP contribution >= 0.6 is 0 Å². The highest BCUT2D eigenvalue weighted by Crippen LogP contribution is 2.33. The van der Waals surface area contributed by atoms with Crippen molar-refractivity contribution < 1.29 is 23.9 Å². The van der Waals surface area contributed by atoms with E-state index in [1.807, 2.05) is 0 Å². The van der Waals surface area contributed by atoms with E-state index in [-0.39, 0.29) is 39.6 Å². The highest BCUT2D eigenvalue weighted by molar-refractivity contribution is 6.30. The Morgan fingerprint density at radius 3 is 2.23 bits per heavy atom. The van der Waals surface area contributed by atoms with Crippen LogP contribution in [0.2, 0.25) is 0 Å². The van der Waals surface area contributed by atoms with Gasteiger partial charge in [-0.05, 0) is 30.4 Å². The van der Waals surface area contributed by atoms with Crippen molar-refractivity contribution in [3.05, 3.63) is 64.2 Å². The summed E-state index contributed by atoms with van der Waals surface area (Å²) in [6.07, 6.45) is 1.06. The van der Waals surface area contributed by atoms with Gasteiger partial charge < -0.3 is 15.4 Å². The first-order chi connectivity index (χ1) is 14.8. The average molecular weight is 420 g/mol. The highest BCUT2D eigenvalue weighted by atomic mass is 16.5. The smallest absolute Gasteiger partial charge is 0.340 e. The third kappa shape index (κ3) is 3.71. The molecule has 4 rings (SSSR count). The molecule has 1 saturated heterocycles. The molecule has 1 heterocycles. The summed E-state index contributed by atoms with van der Waals surface area (Å²) in [6.45, 7) is 5.05. The van der Waals surface area contributed by atoms with E-state index in [4.69, 9.17) is 10.5 Å². The Morgan fingerprint density at radius 1 is 0.968 bits per heavy atom. The van der Waals surface area contributed by atoms with Crippen LogP contribution in [-0.4, -0.2) is 48.0 Å². The Hall–Kier alpha value is -3.48. The fraction of sp³-hybridized carbons (Fsp3) is 0.333. The lowest BCUT2D eigenvalue weighted by Gasteiger charge is -2.34. The molecule has 1 aliphatic heterocycles. The molecule has 1 fully saturated rings. The van der Waals surface area contributed by atoms with Gasteiger partial charge in [-0.3, -0.25) is 14.4 Å². The molecule has 31 heavy (non-hydrogen) atoms. The van der Waals surface area contributed by atoms with Crippen molar-refractivity contribution in [2.24, 2.45) is 11.8 Å². The van der Waals surface area contributed by atoms with Gasteiger partial charge >= 0.3 is 5.97 Å². The zero-order chi connectivity index (χ0) is 22.3. The molecule has 2 N–H and O–H groups in total. The molecule has 2 atom stereocenters. The Balaban J connectivity index is 1.53. The van der Waals surface area contributed by atoms with Crippen LogP contribution in [0, 0.1) is 11.8 Å². The molecule has 0 radical (unpaired) electrons. The third-order valence-electron chi connectivity index (χ3n) is 5.90. The van der Waals surface area contributed by atoms with Gasteiger partial charge in [0.2, 0.25) is 0 Å². The second-order valence-corrected chi connectivity index (χ2v) is 8.47. The molecule has 1 amide bonds. The summed E-state index contributed by atoms with van der Waals surface area (Å²) in [5.74, 6) is -1.00. The minimum atomic E-state index is -0.800. The Kier molecular flexibility index (Phi) is 5.35. The summed E-state index contributed by atoms with van der Waals surface area (Å²) in [5.41, 5.74) is 6.71. The number of amides is 1. The monoisotopic (exact) mass is 420 g/mol. The quantitative estimate of drug-likeness (QED) is 0.516. The van der Waals surface area contributed by atoms with Crippen molar-refractivity contribution in [1.29, 1.82) is 0 Å². The summed E-state index contributed by atoms with van der Waals surface area (Å²) in [5, 5.41) is 0. The number of nitrogen functional groups attached to an aromatic ring is 1. The number of ketones is 2. The van der Waals surface area contributed by atoms with Crippen molar-refractivity contribution in [2.75, 3.05) is 25.4 Å². The number of carbonyl (C=O) groups excluding carboxylic acids is 4. The predicted octanol–water partition coefficient (Wildman–Crippen LogP) is 2.71. The Morgan fingerprint density at radius 2 is 1.58 bits per heavy atom. The Bertz CT molecular complexity index is 1100. The van der Waals surface area contributed by atoms with E-state index in [1.165, 1.54) is 12.1 Å². The van der Waals surface area contributed by atoms with Gasteiger partial charge in [-0.25, -0.2) is 4.79 Å². The molecule has 7 nitrogen and oxygen atoms in total. The molecule has 2 aliphatic rings. The van der Waals surface area contributed by atoms with E-state index in [2.05, 4.69) is 13.8 Å². The average Bonchev–Trinajstić information content (AvgIpc) is 2.74. The standard InChI is InChI=1S/C24H24N2O5/c1-13-9-14(2)11-26(10-13)19(27)12-31-24(30)18-8-7-17-20(21(18)25)23(29)16-6-4-3-5-15(16)22(17)28/h3-8,13-14H,9-12,25H2,1-2H3/t13-,14+. The summed E-state index contributed by atoms with van der Waals surface area (Å²) in [4.78, 5) is 52.5. The highest BCUT2D eigenvalue weighted by Gasteiger charge is 2.33. The molecule has 0 aromatic heterocycles. The molecule has 1 aliphatic carbocycles. The van der Waals surface area contributed by atoms with E-state index in [1.54, 1.807) is 29.2 Å². The number of fused-ring (bicyclic) bond motifs is 2. The van der Waals surface area contributed by atoms with Gasteiger partial charge in [-0.1, -0.05) is 38.1 Å². The molecule has 0 spiro atoms. The van der Waals surface area contributed by atoms with Crippen LogP contribution in [0.15, 0.2) is 36.4 Å². The maximum Gasteiger partial charge on any atom is 0.340 e. The molecule has 0 unspecified atom stereocenters. The number of anilines is 1. The van der Waals surface area contributed by atoms with E-state index in [9.17, 15) is 19.2 Å². The van der Waals surface area contributed by atoms with E-state index in [0.29, 0.717) is 30.5 Å². The predicted molar refractivity (Wildman–Crippen MR) is 114 cm³/mol. The number of hydrogen-bond donors (Lipinski definition) is 1. The molecule has 0 saturated carbocycles. The normalized spacial score (nSPS) is 20.1. The second-order valence-electron chi connectivity index (χ2n) is 8.47. The number of hydrogen-bond acceptors (Lipinski definition) is 6. The number of piperidine rings is 1. The first-order valence-corrected chi connectivity index (χ1v) is 10.3. The van der Waals surface area contributed by atoms with Gasteiger partial charge in [-0.2, -0.15) is 0 Å². The Labute approximate surface area is 180 Å². The van der Waals surface area contributed by atoms with Gasteiger partial charge in [0.15, 0.2) is 18.2 Å². The number of esters is 1. The van der Waals surface area contributed by atoms with E-state index >= 15 is 0 Å². The topological polar surface area (TPSA) is 107 Å². The van der Waals surface area contributed by atoms with Crippen molar-refractivity contribution in [3.63, 3.8) is 0 Å². The lowest BCUT2D eigenvalue weighted by molar-refractivity contribution is -0.137. The SMILES string of the molecule is C[C@@H]1C[C@H](C)CN(C(=O)COC(=O)c2ccc3c(c2N)C(=O)c2ccccc2C3=O)C1. The first-order valence-electron chi connectivity index (χ1n) is 10.3. The van der Waals surface area contributed by atoms with Gasteiger partial charge in [-0.15, -0.1) is 0 Å². The minimum Gasteiger partial charge on any atom is -0.452 e. The number of likely N-dealkylation sites (tertiary alicyclic amines) is 1. The van der Waals surface area contributed by atoms with Crippen LogP contribution in [0.5, 0.6) is 0 Å². The van der Waals surface area contributed by atoms with Crippen molar-refractivity contribution >= 4 is 29.1 Å². The number of ether oxygens (including phenoxy) is 1. The summed E-state index contributed by atoms with van der Waals surface area (Å²) >= 11 is 0. The molecule has 160 valence electrons. The molecular formula is C24H24N2O5. The summed E-state index contributed by atoms with van der Waals surface area (Å²) in [7, 11) is 0. The lowest BCUT2D eigenvalue weighted by Crippen LogP contribution is -2.44. The maximum atomic E-state index is 12.9. The van der Waals surface area contributed by atoms with Crippen LogP contribution in [0.1, 0.15) is 62.5 Å². The molecule has 7 heteroatoms. The number of rotatable bonds is 3. The number of carbonyl (C=O) groups is 4. The van der Waals surface area contributed by atoms with Crippen molar-refractivity contribution in [1.82, 2.24) is 4.90 Å². The van der Waals surface area contributed by atoms with Gasteiger partial charge in [0.1, 0.15) is 0 Å². The fourth-order valence-electron chi connectivity index (χ4n) is 4.55. The van der Waals surface area contributed by atoms with Crippen LogP contribution in [-0.2, 0) is 9.53 Å². The first kappa shape index (κ1) is 20.8. The van der Waals surface area contributed by atoms with E-state index < -0.39 is 18.4 Å². The van der Waals surface area contributed by atoms with Crippen molar-refractivity contribution in [2.45, 2.75) is 20.3 Å². The lowest BCUT2D eigenvalue weighted by atomic mass is 9.82. The number of benzene rings is 2. The zero-order valence-corrected chi connectivity index (χ0v) is 17.5. The molecular weight excluding hydrogens is 396 g/mol. The molecule has 0 bridgehead atoms. The van der Waals surface area contributed by atoms with Crippen LogP contribution in [0.4, 0.5) is 5.69 Å². The van der Waals surface area contributed by atoms with Crippen LogP contribution in [0.25, 0.3) is 0 Å².